The number of carbonyl (C=O) groups is 1. The molecule has 1 aliphatic heterocycles. The fraction of sp³-hybridized carbons (Fsp3) is 0.480. The van der Waals surface area contributed by atoms with Crippen molar-refractivity contribution in [3.05, 3.63) is 65.2 Å². The second kappa shape index (κ2) is 9.54. The Bertz CT molecular complexity index is 1010. The maximum atomic E-state index is 14.0. The minimum absolute atomic E-state index is 0.0545. The number of benzene rings is 2. The average molecular weight is 480 g/mol. The first-order valence-electron chi connectivity index (χ1n) is 11.5. The predicted molar refractivity (Wildman–Crippen MR) is 120 cm³/mol. The zero-order chi connectivity index (χ0) is 24.5. The van der Waals surface area contributed by atoms with E-state index in [0.29, 0.717) is 43.6 Å². The van der Waals surface area contributed by atoms with Crippen molar-refractivity contribution in [2.45, 2.75) is 56.2 Å². The van der Waals surface area contributed by atoms with Gasteiger partial charge in [0.2, 0.25) is 5.92 Å². The van der Waals surface area contributed by atoms with Crippen LogP contribution in [0.2, 0.25) is 0 Å². The van der Waals surface area contributed by atoms with Crippen LogP contribution in [0.5, 0.6) is 0 Å². The van der Waals surface area contributed by atoms with Crippen LogP contribution in [0.15, 0.2) is 42.5 Å². The Morgan fingerprint density at radius 3 is 2.29 bits per heavy atom. The summed E-state index contributed by atoms with van der Waals surface area (Å²) < 4.78 is 55.4. The number of likely N-dealkylation sites (tertiary alicyclic amines) is 1. The number of anilines is 1. The number of alkyl halides is 2. The van der Waals surface area contributed by atoms with Crippen LogP contribution in [0.25, 0.3) is 0 Å². The first-order chi connectivity index (χ1) is 16.1. The van der Waals surface area contributed by atoms with Crippen LogP contribution in [0.4, 0.5) is 23.2 Å². The zero-order valence-corrected chi connectivity index (χ0v) is 18.7. The summed E-state index contributed by atoms with van der Waals surface area (Å²) in [5.41, 5.74) is 3.54. The number of nitrogens with one attached hydrogen (secondary N) is 1. The highest BCUT2D eigenvalue weighted by atomic mass is 19.3. The second-order valence-electron chi connectivity index (χ2n) is 9.43. The van der Waals surface area contributed by atoms with E-state index >= 15 is 0 Å². The van der Waals surface area contributed by atoms with E-state index in [2.05, 4.69) is 5.32 Å². The van der Waals surface area contributed by atoms with E-state index in [-0.39, 0.29) is 18.9 Å². The number of nitrogens with two attached hydrogens (primary N) is 1. The van der Waals surface area contributed by atoms with Gasteiger partial charge in [-0.25, -0.2) is 17.6 Å². The summed E-state index contributed by atoms with van der Waals surface area (Å²) in [5.74, 6) is -6.05. The van der Waals surface area contributed by atoms with E-state index in [0.717, 1.165) is 0 Å². The van der Waals surface area contributed by atoms with Crippen molar-refractivity contribution >= 4 is 11.6 Å². The lowest BCUT2D eigenvalue weighted by molar-refractivity contribution is -0.149. The summed E-state index contributed by atoms with van der Waals surface area (Å²) in [6.07, 6.45) is 0.261. The predicted octanol–water partition coefficient (Wildman–Crippen LogP) is 3.95. The number of hydrogen-bond acceptors (Lipinski definition) is 4. The molecule has 0 radical (unpaired) electrons. The number of nitrogens with zero attached hydrogens (tertiary/aromatic N) is 1. The first-order valence-corrected chi connectivity index (χ1v) is 11.5. The van der Waals surface area contributed by atoms with Crippen LogP contribution in [0.3, 0.4) is 0 Å². The third-order valence-corrected chi connectivity index (χ3v) is 7.02. The van der Waals surface area contributed by atoms with Gasteiger partial charge in [-0.15, -0.1) is 0 Å². The van der Waals surface area contributed by atoms with Gasteiger partial charge in [-0.1, -0.05) is 30.3 Å². The minimum atomic E-state index is -2.90. The lowest BCUT2D eigenvalue weighted by Gasteiger charge is -2.37. The zero-order valence-electron chi connectivity index (χ0n) is 18.7. The van der Waals surface area contributed by atoms with Crippen LogP contribution >= 0.6 is 0 Å². The largest absolute Gasteiger partial charge is 0.394 e. The molecule has 2 aromatic carbocycles. The topological polar surface area (TPSA) is 78.6 Å². The number of piperidine rings is 1. The van der Waals surface area contributed by atoms with Gasteiger partial charge in [0, 0.05) is 44.4 Å². The van der Waals surface area contributed by atoms with Gasteiger partial charge in [0.15, 0.2) is 5.60 Å². The molecule has 2 fully saturated rings. The summed E-state index contributed by atoms with van der Waals surface area (Å²) in [7, 11) is 0. The minimum Gasteiger partial charge on any atom is -0.394 e. The lowest BCUT2D eigenvalue weighted by atomic mass is 9.79. The fourth-order valence-corrected chi connectivity index (χ4v) is 5.07. The molecule has 2 aromatic rings. The number of halogens is 4. The number of carbonyl (C=O) groups excluding carboxylic acids is 1. The van der Waals surface area contributed by atoms with Gasteiger partial charge in [-0.3, -0.25) is 9.69 Å². The van der Waals surface area contributed by atoms with E-state index in [1.165, 1.54) is 12.1 Å². The molecule has 184 valence electrons. The normalized spacial score (nSPS) is 22.9. The van der Waals surface area contributed by atoms with E-state index in [1.807, 2.05) is 4.90 Å². The van der Waals surface area contributed by atoms with Gasteiger partial charge in [0.1, 0.15) is 17.3 Å². The third-order valence-electron chi connectivity index (χ3n) is 7.02. The van der Waals surface area contributed by atoms with Crippen molar-refractivity contribution in [1.82, 2.24) is 10.2 Å². The summed E-state index contributed by atoms with van der Waals surface area (Å²) in [6, 6.07) is 10.4. The van der Waals surface area contributed by atoms with Crippen LogP contribution in [0, 0.1) is 17.6 Å². The highest BCUT2D eigenvalue weighted by molar-refractivity contribution is 5.87. The number of amides is 1. The fourth-order valence-electron chi connectivity index (χ4n) is 5.07. The molecule has 9 heteroatoms. The lowest BCUT2D eigenvalue weighted by Crippen LogP contribution is -2.54. The molecule has 1 heterocycles. The van der Waals surface area contributed by atoms with Crippen LogP contribution < -0.4 is 11.1 Å². The van der Waals surface area contributed by atoms with Crippen LogP contribution in [0.1, 0.15) is 43.2 Å². The maximum Gasteiger partial charge on any atom is 0.257 e. The summed E-state index contributed by atoms with van der Waals surface area (Å²) in [6.45, 7) is 1.45. The monoisotopic (exact) mass is 479 g/mol. The molecular formula is C25H29F4N3O2. The van der Waals surface area contributed by atoms with Crippen molar-refractivity contribution in [2.75, 3.05) is 18.8 Å². The standard InChI is InChI=1S/C25H29F4N3O2/c26-20-12-16(13-21(27)22(20)30)15-32-10-7-19(8-11-32)31-23(33)25(34,17-4-2-1-3-5-17)18-6-9-24(28,29)14-18/h1-5,12-13,18-19,34H,6-11,14-15,30H2,(H,31,33)/t18-,25?/m1/s1. The Balaban J connectivity index is 1.40. The highest BCUT2D eigenvalue weighted by Gasteiger charge is 2.53. The van der Waals surface area contributed by atoms with Gasteiger partial charge in [-0.05, 0) is 42.5 Å². The van der Waals surface area contributed by atoms with E-state index in [9.17, 15) is 27.5 Å². The van der Waals surface area contributed by atoms with Crippen molar-refractivity contribution in [3.8, 4) is 0 Å². The van der Waals surface area contributed by atoms with Crippen molar-refractivity contribution in [1.29, 1.82) is 0 Å². The molecule has 0 bridgehead atoms. The van der Waals surface area contributed by atoms with Gasteiger partial charge >= 0.3 is 0 Å². The molecule has 4 rings (SSSR count). The quantitative estimate of drug-likeness (QED) is 0.433. The summed E-state index contributed by atoms with van der Waals surface area (Å²) in [5, 5.41) is 14.4. The van der Waals surface area contributed by atoms with Gasteiger partial charge in [-0.2, -0.15) is 0 Å². The molecule has 1 aliphatic carbocycles. The van der Waals surface area contributed by atoms with E-state index < -0.39 is 47.1 Å². The average Bonchev–Trinajstić information content (AvgIpc) is 3.18. The SMILES string of the molecule is Nc1c(F)cc(CN2CCC(NC(=O)C(O)(c3ccccc3)[C@@H]3CCC(F)(F)C3)CC2)cc1F. The second-order valence-corrected chi connectivity index (χ2v) is 9.43. The van der Waals surface area contributed by atoms with Crippen molar-refractivity contribution in [2.24, 2.45) is 5.92 Å². The molecule has 1 amide bonds. The first kappa shape index (κ1) is 24.5. The highest BCUT2D eigenvalue weighted by Crippen LogP contribution is 2.47. The van der Waals surface area contributed by atoms with Crippen LogP contribution in [-0.2, 0) is 16.9 Å². The van der Waals surface area contributed by atoms with E-state index in [1.54, 1.807) is 30.3 Å². The molecule has 1 saturated carbocycles. The van der Waals surface area contributed by atoms with Crippen molar-refractivity contribution in [3.63, 3.8) is 0 Å². The molecule has 4 N–H and O–H groups in total. The molecule has 5 nitrogen and oxygen atoms in total. The molecule has 2 atom stereocenters. The molecule has 0 spiro atoms. The molecule has 1 unspecified atom stereocenters. The molecule has 34 heavy (non-hydrogen) atoms. The Kier molecular flexibility index (Phi) is 6.87. The van der Waals surface area contributed by atoms with Gasteiger partial charge in [0.25, 0.3) is 5.91 Å². The molecule has 0 aromatic heterocycles. The van der Waals surface area contributed by atoms with Crippen molar-refractivity contribution < 1.29 is 27.5 Å². The summed E-state index contributed by atoms with van der Waals surface area (Å²) >= 11 is 0. The smallest absolute Gasteiger partial charge is 0.257 e. The van der Waals surface area contributed by atoms with Gasteiger partial charge in [0.05, 0.1) is 0 Å². The Labute approximate surface area is 195 Å². The number of hydrogen-bond donors (Lipinski definition) is 3. The molecule has 1 saturated heterocycles. The maximum absolute atomic E-state index is 14.0. The Morgan fingerprint density at radius 2 is 1.74 bits per heavy atom. The van der Waals surface area contributed by atoms with Crippen LogP contribution in [-0.4, -0.2) is 41.0 Å². The number of rotatable bonds is 6. The number of aliphatic hydroxyl groups is 1. The van der Waals surface area contributed by atoms with Gasteiger partial charge < -0.3 is 16.2 Å². The summed E-state index contributed by atoms with van der Waals surface area (Å²) in [4.78, 5) is 15.3. The Hall–Kier alpha value is -2.65. The third kappa shape index (κ3) is 5.05. The molecular weight excluding hydrogens is 450 g/mol. The number of nitrogen functional groups attached to an aromatic ring is 1. The van der Waals surface area contributed by atoms with E-state index in [4.69, 9.17) is 5.73 Å². The molecule has 2 aliphatic rings. The Morgan fingerprint density at radius 1 is 1.12 bits per heavy atom.